The second-order valence-corrected chi connectivity index (χ2v) is 10.9. The van der Waals surface area contributed by atoms with E-state index in [-0.39, 0.29) is 17.4 Å². The molecule has 10 nitrogen and oxygen atoms in total. The number of H-pyrrole nitrogens is 1. The van der Waals surface area contributed by atoms with E-state index in [1.165, 1.54) is 6.42 Å². The third-order valence-corrected chi connectivity index (χ3v) is 7.97. The Morgan fingerprint density at radius 1 is 1.14 bits per heavy atom. The van der Waals surface area contributed by atoms with Crippen molar-refractivity contribution in [3.8, 4) is 0 Å². The van der Waals surface area contributed by atoms with Crippen LogP contribution >= 0.6 is 0 Å². The molecule has 37 heavy (non-hydrogen) atoms. The number of nitrogens with zero attached hydrogens (tertiary/aromatic N) is 5. The van der Waals surface area contributed by atoms with Crippen LogP contribution in [0.2, 0.25) is 0 Å². The molecule has 2 fully saturated rings. The second kappa shape index (κ2) is 9.99. The average Bonchev–Trinajstić information content (AvgIpc) is 2.84. The normalized spacial score (nSPS) is 21.7. The van der Waals surface area contributed by atoms with E-state index in [4.69, 9.17) is 9.97 Å². The molecule has 1 aromatic carbocycles. The number of aromatic amines is 1. The van der Waals surface area contributed by atoms with Crippen LogP contribution in [0.4, 0.5) is 23.1 Å². The van der Waals surface area contributed by atoms with Gasteiger partial charge in [0.05, 0.1) is 12.6 Å². The second-order valence-electron chi connectivity index (χ2n) is 10.9. The molecule has 0 saturated carbocycles. The van der Waals surface area contributed by atoms with Crippen molar-refractivity contribution in [2.24, 2.45) is 5.41 Å². The molecule has 2 unspecified atom stereocenters. The largest absolute Gasteiger partial charge is 0.481 e. The van der Waals surface area contributed by atoms with E-state index in [0.29, 0.717) is 34.8 Å². The van der Waals surface area contributed by atoms with Gasteiger partial charge in [-0.3, -0.25) is 9.59 Å². The molecule has 0 radical (unpaired) electrons. The van der Waals surface area contributed by atoms with Crippen LogP contribution in [-0.4, -0.2) is 56.4 Å². The number of fused-ring (bicyclic) bond motifs is 1. The van der Waals surface area contributed by atoms with Crippen LogP contribution in [0.5, 0.6) is 0 Å². The van der Waals surface area contributed by atoms with Crippen molar-refractivity contribution in [3.05, 3.63) is 40.8 Å². The van der Waals surface area contributed by atoms with Crippen LogP contribution in [-0.2, 0) is 4.79 Å². The Bertz CT molecular complexity index is 1320. The zero-order chi connectivity index (χ0) is 26.2. The highest BCUT2D eigenvalue weighted by molar-refractivity contribution is 5.90. The van der Waals surface area contributed by atoms with Gasteiger partial charge in [-0.2, -0.15) is 10.1 Å². The first kappa shape index (κ1) is 25.0. The molecule has 0 amide bonds. The molecule has 2 saturated heterocycles. The fourth-order valence-corrected chi connectivity index (χ4v) is 5.75. The highest BCUT2D eigenvalue weighted by atomic mass is 16.4. The molecule has 2 atom stereocenters. The number of aromatic nitrogens is 4. The first-order valence-electron chi connectivity index (χ1n) is 13.1. The van der Waals surface area contributed by atoms with Gasteiger partial charge in [0.25, 0.3) is 5.56 Å². The van der Waals surface area contributed by atoms with Crippen molar-refractivity contribution in [3.63, 3.8) is 0 Å². The molecule has 0 aliphatic carbocycles. The summed E-state index contributed by atoms with van der Waals surface area (Å²) in [5.41, 5.74) is 1.93. The lowest BCUT2D eigenvalue weighted by Crippen LogP contribution is -2.44. The molecule has 196 valence electrons. The maximum absolute atomic E-state index is 12.7. The van der Waals surface area contributed by atoms with E-state index in [0.717, 1.165) is 50.1 Å². The first-order valence-corrected chi connectivity index (χ1v) is 13.1. The van der Waals surface area contributed by atoms with E-state index < -0.39 is 5.97 Å². The molecule has 2 aliphatic heterocycles. The van der Waals surface area contributed by atoms with Gasteiger partial charge in [0.15, 0.2) is 0 Å². The Kier molecular flexibility index (Phi) is 6.74. The van der Waals surface area contributed by atoms with Gasteiger partial charge in [0, 0.05) is 36.5 Å². The van der Waals surface area contributed by atoms with Crippen LogP contribution in [0.25, 0.3) is 10.9 Å². The van der Waals surface area contributed by atoms with Crippen molar-refractivity contribution in [2.45, 2.75) is 71.4 Å². The lowest BCUT2D eigenvalue weighted by Gasteiger charge is -2.39. The van der Waals surface area contributed by atoms with Crippen LogP contribution in [0, 0.1) is 5.41 Å². The molecule has 0 spiro atoms. The predicted molar refractivity (Wildman–Crippen MR) is 145 cm³/mol. The Labute approximate surface area is 216 Å². The quantitative estimate of drug-likeness (QED) is 0.449. The lowest BCUT2D eigenvalue weighted by molar-refractivity contribution is -0.139. The summed E-state index contributed by atoms with van der Waals surface area (Å²) < 4.78 is 0. The molecule has 4 heterocycles. The van der Waals surface area contributed by atoms with Gasteiger partial charge in [-0.15, -0.1) is 0 Å². The van der Waals surface area contributed by atoms with Gasteiger partial charge in [0.2, 0.25) is 5.95 Å². The molecule has 0 bridgehead atoms. The van der Waals surface area contributed by atoms with Gasteiger partial charge in [-0.1, -0.05) is 6.92 Å². The third-order valence-electron chi connectivity index (χ3n) is 7.97. The third kappa shape index (κ3) is 5.23. The van der Waals surface area contributed by atoms with E-state index in [1.54, 1.807) is 6.20 Å². The summed E-state index contributed by atoms with van der Waals surface area (Å²) in [5.74, 6) is 0.339. The van der Waals surface area contributed by atoms with Crippen LogP contribution in [0.3, 0.4) is 0 Å². The van der Waals surface area contributed by atoms with E-state index >= 15 is 0 Å². The van der Waals surface area contributed by atoms with Gasteiger partial charge < -0.3 is 20.2 Å². The predicted octanol–water partition coefficient (Wildman–Crippen LogP) is 4.31. The number of hydrogen-bond acceptors (Lipinski definition) is 8. The summed E-state index contributed by atoms with van der Waals surface area (Å²) in [7, 11) is 0. The number of carboxylic acid groups (broad SMARTS) is 1. The number of benzene rings is 1. The van der Waals surface area contributed by atoms with Crippen LogP contribution < -0.4 is 20.7 Å². The van der Waals surface area contributed by atoms with Crippen molar-refractivity contribution in [2.75, 3.05) is 28.2 Å². The number of hydrogen-bond donors (Lipinski definition) is 3. The fourth-order valence-electron chi connectivity index (χ4n) is 5.75. The van der Waals surface area contributed by atoms with Crippen molar-refractivity contribution in [1.29, 1.82) is 0 Å². The minimum absolute atomic E-state index is 0.152. The van der Waals surface area contributed by atoms with Crippen molar-refractivity contribution in [1.82, 2.24) is 20.2 Å². The summed E-state index contributed by atoms with van der Waals surface area (Å²) in [6, 6.07) is 8.68. The maximum Gasteiger partial charge on any atom is 0.303 e. The number of aliphatic carboxylic acids is 1. The van der Waals surface area contributed by atoms with E-state index in [1.807, 2.05) is 24.3 Å². The molecule has 5 rings (SSSR count). The maximum atomic E-state index is 12.7. The standard InChI is InChI=1S/C27H35N7O3/c1-17-5-4-6-18(2)34(17)26-30-21-16-28-32-25(37)23(21)24(31-26)29-19-7-9-20(10-8-19)33-13-11-27(3,12-14-33)15-22(35)36/h7-10,16-18H,4-6,11-15H2,1-3H3,(H,32,37)(H,35,36)(H,29,30,31). The monoisotopic (exact) mass is 505 g/mol. The number of nitrogens with one attached hydrogen (secondary N) is 2. The van der Waals surface area contributed by atoms with Crippen LogP contribution in [0.1, 0.15) is 59.3 Å². The minimum atomic E-state index is -0.731. The van der Waals surface area contributed by atoms with Crippen molar-refractivity contribution >= 4 is 40.0 Å². The molecule has 3 N–H and O–H groups in total. The number of rotatable bonds is 6. The molecule has 2 aromatic heterocycles. The Hall–Kier alpha value is -3.69. The average molecular weight is 506 g/mol. The summed E-state index contributed by atoms with van der Waals surface area (Å²) in [6.45, 7) is 8.09. The Morgan fingerprint density at radius 2 is 1.81 bits per heavy atom. The summed E-state index contributed by atoms with van der Waals surface area (Å²) in [4.78, 5) is 38.0. The van der Waals surface area contributed by atoms with E-state index in [9.17, 15) is 14.7 Å². The summed E-state index contributed by atoms with van der Waals surface area (Å²) in [6.07, 6.45) is 6.82. The minimum Gasteiger partial charge on any atom is -0.481 e. The SMILES string of the molecule is CC1CCCC(C)N1c1nc(Nc2ccc(N3CCC(C)(CC(=O)O)CC3)cc2)c2c(=O)[nH]ncc2n1. The Morgan fingerprint density at radius 3 is 2.46 bits per heavy atom. The molecular formula is C27H35N7O3. The first-order chi connectivity index (χ1) is 17.7. The number of carboxylic acids is 1. The highest BCUT2D eigenvalue weighted by Crippen LogP contribution is 2.36. The molecule has 3 aromatic rings. The molecular weight excluding hydrogens is 470 g/mol. The number of carbonyl (C=O) groups is 1. The van der Waals surface area contributed by atoms with Crippen LogP contribution in [0.15, 0.2) is 35.3 Å². The lowest BCUT2D eigenvalue weighted by atomic mass is 9.77. The van der Waals surface area contributed by atoms with Gasteiger partial charge >= 0.3 is 5.97 Å². The zero-order valence-electron chi connectivity index (χ0n) is 21.7. The van der Waals surface area contributed by atoms with Gasteiger partial charge in [0.1, 0.15) is 16.7 Å². The summed E-state index contributed by atoms with van der Waals surface area (Å²) >= 11 is 0. The Balaban J connectivity index is 1.39. The molecule has 2 aliphatic rings. The topological polar surface area (TPSA) is 127 Å². The molecule has 10 heteroatoms. The smallest absolute Gasteiger partial charge is 0.303 e. The van der Waals surface area contributed by atoms with E-state index in [2.05, 4.69) is 46.1 Å². The highest BCUT2D eigenvalue weighted by Gasteiger charge is 2.32. The number of piperidine rings is 2. The van der Waals surface area contributed by atoms with Gasteiger partial charge in [-0.05, 0) is 75.6 Å². The fraction of sp³-hybridized carbons (Fsp3) is 0.519. The van der Waals surface area contributed by atoms with Gasteiger partial charge in [-0.25, -0.2) is 10.1 Å². The zero-order valence-corrected chi connectivity index (χ0v) is 21.7. The van der Waals surface area contributed by atoms with Crippen molar-refractivity contribution < 1.29 is 9.90 Å². The number of anilines is 4. The summed E-state index contributed by atoms with van der Waals surface area (Å²) in [5, 5.41) is 19.4.